The normalized spacial score (nSPS) is 20.0. The van der Waals surface area contributed by atoms with Gasteiger partial charge in [0.05, 0.1) is 19.0 Å². The molecule has 1 atom stereocenters. The molecule has 0 aliphatic carbocycles. The molecule has 4 heteroatoms. The second kappa shape index (κ2) is 6.37. The fourth-order valence-electron chi connectivity index (χ4n) is 2.98. The summed E-state index contributed by atoms with van der Waals surface area (Å²) < 4.78 is 24.2. The predicted octanol–water partition coefficient (Wildman–Crippen LogP) is 4.13. The van der Waals surface area contributed by atoms with Gasteiger partial charge in [-0.3, -0.25) is 0 Å². The molecule has 1 unspecified atom stereocenters. The lowest BCUT2D eigenvalue weighted by Gasteiger charge is -2.29. The van der Waals surface area contributed by atoms with E-state index in [2.05, 4.69) is 32.9 Å². The van der Waals surface area contributed by atoms with Crippen molar-refractivity contribution < 1.29 is 14.0 Å². The number of ether oxygens (including phenoxy) is 2. The summed E-state index contributed by atoms with van der Waals surface area (Å²) in [5, 5.41) is 0.864. The highest BCUT2D eigenvalue weighted by atomic mass is 31.2. The lowest BCUT2D eigenvalue weighted by atomic mass is 9.83. The molecule has 2 rings (SSSR count). The number of hydrogen-bond acceptors (Lipinski definition) is 3. The fraction of sp³-hybridized carbons (Fsp3) is 0.667. The summed E-state index contributed by atoms with van der Waals surface area (Å²) in [7, 11) is -0.734. The molecule has 0 amide bonds. The summed E-state index contributed by atoms with van der Waals surface area (Å²) in [5.41, 5.74) is 2.39. The Morgan fingerprint density at radius 2 is 1.95 bits per heavy atom. The van der Waals surface area contributed by atoms with Crippen LogP contribution >= 0.6 is 7.14 Å². The number of hydrogen-bond donors (Lipinski definition) is 0. The number of rotatable bonds is 3. The molecule has 0 bridgehead atoms. The average Bonchev–Trinajstić information content (AvgIpc) is 2.44. The van der Waals surface area contributed by atoms with Crippen molar-refractivity contribution in [2.75, 3.05) is 33.7 Å². The largest absolute Gasteiger partial charge is 0.496 e. The molecule has 3 nitrogen and oxygen atoms in total. The fourth-order valence-corrected chi connectivity index (χ4v) is 4.14. The van der Waals surface area contributed by atoms with Crippen LogP contribution in [0.3, 0.4) is 0 Å². The van der Waals surface area contributed by atoms with Gasteiger partial charge in [-0.05, 0) is 43.2 Å². The predicted molar refractivity (Wildman–Crippen MR) is 93.6 cm³/mol. The van der Waals surface area contributed by atoms with Gasteiger partial charge in [-0.1, -0.05) is 26.8 Å². The van der Waals surface area contributed by atoms with Crippen LogP contribution in [-0.4, -0.2) is 33.7 Å². The molecule has 1 aromatic rings. The topological polar surface area (TPSA) is 35.5 Å². The van der Waals surface area contributed by atoms with E-state index in [1.54, 1.807) is 7.11 Å². The van der Waals surface area contributed by atoms with Crippen molar-refractivity contribution >= 4 is 12.4 Å². The first-order valence-electron chi connectivity index (χ1n) is 8.00. The van der Waals surface area contributed by atoms with Crippen LogP contribution in [0, 0.1) is 0 Å². The number of methoxy groups -OCH3 is 1. The van der Waals surface area contributed by atoms with Gasteiger partial charge in [0.15, 0.2) is 0 Å². The molecule has 124 valence electrons. The minimum atomic E-state index is -2.41. The summed E-state index contributed by atoms with van der Waals surface area (Å²) in [6.45, 7) is 11.8. The van der Waals surface area contributed by atoms with Gasteiger partial charge in [0.2, 0.25) is 0 Å². The first-order valence-corrected chi connectivity index (χ1v) is 10.6. The van der Waals surface area contributed by atoms with Crippen LogP contribution in [0.5, 0.6) is 5.75 Å². The maximum Gasteiger partial charge on any atom is 0.133 e. The van der Waals surface area contributed by atoms with Crippen molar-refractivity contribution in [1.82, 2.24) is 0 Å². The molecule has 0 aromatic heterocycles. The SMILES string of the molecule is COc1c(C2CCCOC2)cc(C(C)(C)C)cc1P(C)(C)=O. The summed E-state index contributed by atoms with van der Waals surface area (Å²) in [4.78, 5) is 0. The molecule has 1 heterocycles. The Morgan fingerprint density at radius 3 is 2.41 bits per heavy atom. The second-order valence-electron chi connectivity index (χ2n) is 7.63. The van der Waals surface area contributed by atoms with E-state index in [4.69, 9.17) is 9.47 Å². The maximum atomic E-state index is 12.8. The zero-order chi connectivity index (χ0) is 16.5. The molecular weight excluding hydrogens is 295 g/mol. The van der Waals surface area contributed by atoms with Gasteiger partial charge in [-0.2, -0.15) is 0 Å². The van der Waals surface area contributed by atoms with E-state index in [1.807, 2.05) is 13.3 Å². The average molecular weight is 324 g/mol. The molecule has 0 saturated carbocycles. The lowest BCUT2D eigenvalue weighted by Crippen LogP contribution is -2.22. The van der Waals surface area contributed by atoms with E-state index in [-0.39, 0.29) is 5.41 Å². The van der Waals surface area contributed by atoms with Crippen molar-refractivity contribution in [3.05, 3.63) is 23.3 Å². The quantitative estimate of drug-likeness (QED) is 0.784. The van der Waals surface area contributed by atoms with E-state index in [0.29, 0.717) is 5.92 Å². The summed E-state index contributed by atoms with van der Waals surface area (Å²) in [6, 6.07) is 4.31. The molecule has 1 saturated heterocycles. The van der Waals surface area contributed by atoms with E-state index in [9.17, 15) is 4.57 Å². The number of benzene rings is 1. The van der Waals surface area contributed by atoms with Gasteiger partial charge in [0.25, 0.3) is 0 Å². The van der Waals surface area contributed by atoms with Gasteiger partial charge in [-0.15, -0.1) is 0 Å². The zero-order valence-corrected chi connectivity index (χ0v) is 15.6. The Hall–Kier alpha value is -0.790. The highest BCUT2D eigenvalue weighted by Crippen LogP contribution is 2.44. The Balaban J connectivity index is 2.65. The van der Waals surface area contributed by atoms with Crippen LogP contribution in [0.15, 0.2) is 12.1 Å². The summed E-state index contributed by atoms with van der Waals surface area (Å²) >= 11 is 0. The Labute approximate surface area is 134 Å². The molecule has 0 radical (unpaired) electrons. The molecule has 22 heavy (non-hydrogen) atoms. The molecule has 1 aliphatic heterocycles. The van der Waals surface area contributed by atoms with Gasteiger partial charge in [-0.25, -0.2) is 0 Å². The van der Waals surface area contributed by atoms with Crippen LogP contribution in [-0.2, 0) is 14.7 Å². The Kier molecular flexibility index (Phi) is 5.09. The molecule has 1 aromatic carbocycles. The van der Waals surface area contributed by atoms with Crippen LogP contribution < -0.4 is 10.0 Å². The first-order chi connectivity index (χ1) is 10.1. The maximum absolute atomic E-state index is 12.8. The highest BCUT2D eigenvalue weighted by molar-refractivity contribution is 7.70. The first kappa shape index (κ1) is 17.6. The van der Waals surface area contributed by atoms with E-state index in [1.165, 1.54) is 5.56 Å². The van der Waals surface area contributed by atoms with Crippen molar-refractivity contribution in [2.24, 2.45) is 0 Å². The van der Waals surface area contributed by atoms with E-state index in [0.717, 1.165) is 42.7 Å². The van der Waals surface area contributed by atoms with Crippen molar-refractivity contribution in [3.8, 4) is 5.75 Å². The van der Waals surface area contributed by atoms with Crippen LogP contribution in [0.2, 0.25) is 0 Å². The van der Waals surface area contributed by atoms with Crippen molar-refractivity contribution in [3.63, 3.8) is 0 Å². The standard InChI is InChI=1S/C18H29O3P/c1-18(2,3)14-10-15(13-8-7-9-21-12-13)17(20-4)16(11-14)22(5,6)19/h10-11,13H,7-9,12H2,1-6H3. The molecule has 0 N–H and O–H groups in total. The van der Waals surface area contributed by atoms with E-state index < -0.39 is 7.14 Å². The minimum absolute atomic E-state index is 0.0144. The third kappa shape index (κ3) is 3.75. The molecule has 1 aliphatic rings. The summed E-state index contributed by atoms with van der Waals surface area (Å²) in [5.74, 6) is 1.13. The Bertz CT molecular complexity index is 575. The zero-order valence-electron chi connectivity index (χ0n) is 14.7. The minimum Gasteiger partial charge on any atom is -0.496 e. The van der Waals surface area contributed by atoms with Gasteiger partial charge in [0.1, 0.15) is 12.9 Å². The van der Waals surface area contributed by atoms with Gasteiger partial charge < -0.3 is 14.0 Å². The van der Waals surface area contributed by atoms with Crippen LogP contribution in [0.4, 0.5) is 0 Å². The lowest BCUT2D eigenvalue weighted by molar-refractivity contribution is 0.0797. The smallest absolute Gasteiger partial charge is 0.133 e. The monoisotopic (exact) mass is 324 g/mol. The van der Waals surface area contributed by atoms with Crippen molar-refractivity contribution in [2.45, 2.75) is 44.9 Å². The van der Waals surface area contributed by atoms with Crippen LogP contribution in [0.25, 0.3) is 0 Å². The van der Waals surface area contributed by atoms with Crippen molar-refractivity contribution in [1.29, 1.82) is 0 Å². The highest BCUT2D eigenvalue weighted by Gasteiger charge is 2.29. The summed E-state index contributed by atoms with van der Waals surface area (Å²) in [6.07, 6.45) is 2.17. The third-order valence-corrected chi connectivity index (χ3v) is 5.84. The molecular formula is C18H29O3P. The molecule has 1 fully saturated rings. The Morgan fingerprint density at radius 1 is 1.27 bits per heavy atom. The third-order valence-electron chi connectivity index (χ3n) is 4.35. The second-order valence-corrected chi connectivity index (χ2v) is 10.8. The molecule has 0 spiro atoms. The van der Waals surface area contributed by atoms with Crippen LogP contribution in [0.1, 0.15) is 50.7 Å². The van der Waals surface area contributed by atoms with E-state index >= 15 is 0 Å². The van der Waals surface area contributed by atoms with Gasteiger partial charge in [0, 0.05) is 18.1 Å². The van der Waals surface area contributed by atoms with Gasteiger partial charge >= 0.3 is 0 Å².